The molecule has 1 amide bonds. The van der Waals surface area contributed by atoms with Gasteiger partial charge >= 0.3 is 0 Å². The van der Waals surface area contributed by atoms with Crippen molar-refractivity contribution >= 4 is 33.4 Å². The standard InChI is InChI=1S/C17H17FN2O3S2/c1-11-8-12-9-13(25(19,22)23)6-7-15(12)20(11)17(21)10-24-16-5-3-2-4-14(16)18/h2-7,9,11H,8,10H2,1H3,(H2,19,22,23). The average Bonchev–Trinajstić information content (AvgIpc) is 2.88. The van der Waals surface area contributed by atoms with Gasteiger partial charge in [-0.2, -0.15) is 0 Å². The van der Waals surface area contributed by atoms with Crippen LogP contribution in [-0.2, 0) is 21.2 Å². The molecule has 1 atom stereocenters. The van der Waals surface area contributed by atoms with Crippen LogP contribution in [0.1, 0.15) is 12.5 Å². The number of benzene rings is 2. The monoisotopic (exact) mass is 380 g/mol. The lowest BCUT2D eigenvalue weighted by atomic mass is 10.1. The second-order valence-electron chi connectivity index (χ2n) is 5.87. The van der Waals surface area contributed by atoms with Gasteiger partial charge in [0.15, 0.2) is 0 Å². The molecule has 5 nitrogen and oxygen atoms in total. The Kier molecular flexibility index (Phi) is 4.86. The molecule has 1 heterocycles. The molecule has 2 aromatic carbocycles. The van der Waals surface area contributed by atoms with E-state index in [1.807, 2.05) is 6.92 Å². The van der Waals surface area contributed by atoms with Gasteiger partial charge in [-0.25, -0.2) is 17.9 Å². The number of carbonyl (C=O) groups is 1. The van der Waals surface area contributed by atoms with Crippen LogP contribution in [0.2, 0.25) is 0 Å². The Hall–Kier alpha value is -1.90. The summed E-state index contributed by atoms with van der Waals surface area (Å²) in [6.07, 6.45) is 0.550. The number of rotatable bonds is 4. The molecule has 0 radical (unpaired) electrons. The summed E-state index contributed by atoms with van der Waals surface area (Å²) in [7, 11) is -3.78. The van der Waals surface area contributed by atoms with Crippen LogP contribution in [0.3, 0.4) is 0 Å². The van der Waals surface area contributed by atoms with E-state index in [1.54, 1.807) is 29.2 Å². The smallest absolute Gasteiger partial charge is 0.238 e. The summed E-state index contributed by atoms with van der Waals surface area (Å²) in [6.45, 7) is 1.89. The summed E-state index contributed by atoms with van der Waals surface area (Å²) in [4.78, 5) is 14.7. The molecule has 2 aromatic rings. The molecule has 0 aliphatic carbocycles. The van der Waals surface area contributed by atoms with E-state index < -0.39 is 10.0 Å². The van der Waals surface area contributed by atoms with Gasteiger partial charge in [-0.05, 0) is 49.2 Å². The molecule has 0 bridgehead atoms. The lowest BCUT2D eigenvalue weighted by Crippen LogP contribution is -2.37. The third-order valence-corrected chi connectivity index (χ3v) is 6.00. The Morgan fingerprint density at radius 3 is 2.72 bits per heavy atom. The highest BCUT2D eigenvalue weighted by Gasteiger charge is 2.31. The molecule has 0 saturated carbocycles. The molecule has 8 heteroatoms. The van der Waals surface area contributed by atoms with Crippen LogP contribution in [0.4, 0.5) is 10.1 Å². The van der Waals surface area contributed by atoms with Crippen molar-refractivity contribution in [2.45, 2.75) is 29.2 Å². The number of primary sulfonamides is 1. The van der Waals surface area contributed by atoms with E-state index in [9.17, 15) is 17.6 Å². The average molecular weight is 380 g/mol. The topological polar surface area (TPSA) is 80.5 Å². The number of sulfonamides is 1. The van der Waals surface area contributed by atoms with Crippen molar-refractivity contribution in [2.75, 3.05) is 10.7 Å². The first-order valence-electron chi connectivity index (χ1n) is 7.62. The van der Waals surface area contributed by atoms with Crippen molar-refractivity contribution in [3.05, 3.63) is 53.8 Å². The maximum Gasteiger partial charge on any atom is 0.238 e. The largest absolute Gasteiger partial charge is 0.308 e. The summed E-state index contributed by atoms with van der Waals surface area (Å²) in [6, 6.07) is 10.7. The van der Waals surface area contributed by atoms with Gasteiger partial charge in [0.1, 0.15) is 5.82 Å². The van der Waals surface area contributed by atoms with E-state index in [4.69, 9.17) is 5.14 Å². The minimum Gasteiger partial charge on any atom is -0.308 e. The van der Waals surface area contributed by atoms with E-state index in [1.165, 1.54) is 18.2 Å². The van der Waals surface area contributed by atoms with Crippen LogP contribution in [0.25, 0.3) is 0 Å². The second-order valence-corrected chi connectivity index (χ2v) is 8.45. The fraction of sp³-hybridized carbons (Fsp3) is 0.235. The number of nitrogens with zero attached hydrogens (tertiary/aromatic N) is 1. The van der Waals surface area contributed by atoms with E-state index in [0.717, 1.165) is 17.3 Å². The van der Waals surface area contributed by atoms with Crippen molar-refractivity contribution < 1.29 is 17.6 Å². The maximum atomic E-state index is 13.7. The van der Waals surface area contributed by atoms with Crippen LogP contribution < -0.4 is 10.0 Å². The fourth-order valence-electron chi connectivity index (χ4n) is 2.94. The van der Waals surface area contributed by atoms with E-state index >= 15 is 0 Å². The predicted octanol–water partition coefficient (Wildman–Crippen LogP) is 2.54. The Morgan fingerprint density at radius 1 is 1.32 bits per heavy atom. The zero-order chi connectivity index (χ0) is 18.2. The molecule has 0 spiro atoms. The Balaban J connectivity index is 1.80. The molecule has 1 unspecified atom stereocenters. The summed E-state index contributed by atoms with van der Waals surface area (Å²) in [5.74, 6) is -0.405. The normalized spacial score (nSPS) is 16.8. The van der Waals surface area contributed by atoms with Crippen molar-refractivity contribution in [1.82, 2.24) is 0 Å². The molecule has 0 aromatic heterocycles. The van der Waals surface area contributed by atoms with Crippen LogP contribution in [-0.4, -0.2) is 26.1 Å². The summed E-state index contributed by atoms with van der Waals surface area (Å²) in [5.41, 5.74) is 1.45. The molecule has 132 valence electrons. The SMILES string of the molecule is CC1Cc2cc(S(N)(=O)=O)ccc2N1C(=O)CSc1ccccc1F. The third-order valence-electron chi connectivity index (χ3n) is 4.05. The fourth-order valence-corrected chi connectivity index (χ4v) is 4.30. The minimum atomic E-state index is -3.78. The molecule has 0 saturated heterocycles. The summed E-state index contributed by atoms with van der Waals surface area (Å²) >= 11 is 1.14. The van der Waals surface area contributed by atoms with Gasteiger partial charge in [-0.15, -0.1) is 11.8 Å². The van der Waals surface area contributed by atoms with Gasteiger partial charge in [-0.1, -0.05) is 12.1 Å². The predicted molar refractivity (Wildman–Crippen MR) is 95.6 cm³/mol. The quantitative estimate of drug-likeness (QED) is 0.827. The number of anilines is 1. The number of carbonyl (C=O) groups excluding carboxylic acids is 1. The van der Waals surface area contributed by atoms with Crippen molar-refractivity contribution in [3.63, 3.8) is 0 Å². The lowest BCUT2D eigenvalue weighted by molar-refractivity contribution is -0.116. The van der Waals surface area contributed by atoms with Crippen LogP contribution in [0, 0.1) is 5.82 Å². The summed E-state index contributed by atoms with van der Waals surface area (Å²) in [5, 5.41) is 5.16. The Bertz CT molecular complexity index is 931. The second kappa shape index (κ2) is 6.78. The molecule has 0 fully saturated rings. The molecule has 2 N–H and O–H groups in total. The highest BCUT2D eigenvalue weighted by atomic mass is 32.2. The number of fused-ring (bicyclic) bond motifs is 1. The van der Waals surface area contributed by atoms with Gasteiger partial charge in [0.25, 0.3) is 0 Å². The molecule has 1 aliphatic rings. The zero-order valence-corrected chi connectivity index (χ0v) is 15.1. The molecular weight excluding hydrogens is 363 g/mol. The van der Waals surface area contributed by atoms with Crippen LogP contribution >= 0.6 is 11.8 Å². The van der Waals surface area contributed by atoms with Crippen molar-refractivity contribution in [3.8, 4) is 0 Å². The number of hydrogen-bond acceptors (Lipinski definition) is 4. The van der Waals surface area contributed by atoms with Crippen LogP contribution in [0.5, 0.6) is 0 Å². The van der Waals surface area contributed by atoms with Gasteiger partial charge in [0.2, 0.25) is 15.9 Å². The highest BCUT2D eigenvalue weighted by Crippen LogP contribution is 2.34. The number of halogens is 1. The Morgan fingerprint density at radius 2 is 2.04 bits per heavy atom. The third kappa shape index (κ3) is 3.70. The van der Waals surface area contributed by atoms with Crippen molar-refractivity contribution in [1.29, 1.82) is 0 Å². The number of nitrogens with two attached hydrogens (primary N) is 1. The maximum absolute atomic E-state index is 13.7. The minimum absolute atomic E-state index is 0.0356. The van der Waals surface area contributed by atoms with E-state index in [-0.39, 0.29) is 28.4 Å². The highest BCUT2D eigenvalue weighted by molar-refractivity contribution is 8.00. The molecule has 3 rings (SSSR count). The first-order valence-corrected chi connectivity index (χ1v) is 10.2. The summed E-state index contributed by atoms with van der Waals surface area (Å²) < 4.78 is 36.6. The molecule has 25 heavy (non-hydrogen) atoms. The molecule has 1 aliphatic heterocycles. The number of thioether (sulfide) groups is 1. The first kappa shape index (κ1) is 17.9. The van der Waals surface area contributed by atoms with Gasteiger partial charge in [-0.3, -0.25) is 4.79 Å². The lowest BCUT2D eigenvalue weighted by Gasteiger charge is -2.22. The van der Waals surface area contributed by atoms with E-state index in [0.29, 0.717) is 17.0 Å². The Labute approximate surface area is 150 Å². The number of hydrogen-bond donors (Lipinski definition) is 1. The van der Waals surface area contributed by atoms with Crippen molar-refractivity contribution in [2.24, 2.45) is 5.14 Å². The van der Waals surface area contributed by atoms with Gasteiger partial charge in [0, 0.05) is 16.6 Å². The van der Waals surface area contributed by atoms with Gasteiger partial charge < -0.3 is 4.90 Å². The van der Waals surface area contributed by atoms with Gasteiger partial charge in [0.05, 0.1) is 10.6 Å². The first-order chi connectivity index (χ1) is 11.8. The zero-order valence-electron chi connectivity index (χ0n) is 13.5. The van der Waals surface area contributed by atoms with E-state index in [2.05, 4.69) is 0 Å². The number of amides is 1. The van der Waals surface area contributed by atoms with Crippen LogP contribution in [0.15, 0.2) is 52.3 Å². The molecular formula is C17H17FN2O3S2.